The molecule has 0 bridgehead atoms. The lowest BCUT2D eigenvalue weighted by molar-refractivity contribution is -0.242. The van der Waals surface area contributed by atoms with Crippen molar-refractivity contribution in [2.45, 2.75) is 109 Å². The molecule has 6 atom stereocenters. The van der Waals surface area contributed by atoms with Crippen molar-refractivity contribution in [3.8, 4) is 0 Å². The molecule has 2 aliphatic rings. The Labute approximate surface area is 230 Å². The van der Waals surface area contributed by atoms with Crippen molar-refractivity contribution in [1.29, 1.82) is 0 Å². The van der Waals surface area contributed by atoms with Crippen molar-refractivity contribution in [3.05, 3.63) is 71.8 Å². The van der Waals surface area contributed by atoms with Gasteiger partial charge in [0.15, 0.2) is 18.0 Å². The van der Waals surface area contributed by atoms with Crippen molar-refractivity contribution in [2.75, 3.05) is 0 Å². The Morgan fingerprint density at radius 3 is 1.41 bits per heavy atom. The molecule has 1 aliphatic carbocycles. The number of carbonyl (C=O) groups is 2. The van der Waals surface area contributed by atoms with E-state index < -0.39 is 54.3 Å². The number of carbonyl (C=O) groups excluding carboxylic acids is 2. The molecule has 0 unspecified atom stereocenters. The van der Waals surface area contributed by atoms with Crippen LogP contribution in [0.25, 0.3) is 0 Å². The van der Waals surface area contributed by atoms with Crippen LogP contribution in [0.15, 0.2) is 60.7 Å². The maximum absolute atomic E-state index is 12.9. The molecule has 2 aromatic rings. The molecule has 1 saturated heterocycles. The number of benzene rings is 2. The van der Waals surface area contributed by atoms with E-state index in [9.17, 15) is 9.59 Å². The van der Waals surface area contributed by atoms with E-state index in [1.165, 1.54) is 0 Å². The Balaban J connectivity index is 1.70. The summed E-state index contributed by atoms with van der Waals surface area (Å²) in [5.41, 5.74) is 1.90. The van der Waals surface area contributed by atoms with E-state index in [2.05, 4.69) is 0 Å². The lowest BCUT2D eigenvalue weighted by Gasteiger charge is -2.45. The van der Waals surface area contributed by atoms with Crippen molar-refractivity contribution in [1.82, 2.24) is 0 Å². The zero-order chi connectivity index (χ0) is 27.8. The van der Waals surface area contributed by atoms with E-state index in [4.69, 9.17) is 28.4 Å². The Bertz CT molecular complexity index is 973. The molecule has 0 N–H and O–H groups in total. The van der Waals surface area contributed by atoms with Crippen LogP contribution >= 0.6 is 0 Å². The largest absolute Gasteiger partial charge is 0.455 e. The van der Waals surface area contributed by atoms with Gasteiger partial charge in [-0.25, -0.2) is 0 Å². The molecule has 4 rings (SSSR count). The lowest BCUT2D eigenvalue weighted by atomic mass is 9.84. The van der Waals surface area contributed by atoms with Gasteiger partial charge in [0.2, 0.25) is 0 Å². The lowest BCUT2D eigenvalue weighted by Crippen LogP contribution is -2.66. The molecule has 212 valence electrons. The summed E-state index contributed by atoms with van der Waals surface area (Å²) in [5.74, 6) is -1.74. The molecule has 8 nitrogen and oxygen atoms in total. The quantitative estimate of drug-likeness (QED) is 0.343. The second-order valence-electron chi connectivity index (χ2n) is 10.5. The summed E-state index contributed by atoms with van der Waals surface area (Å²) in [6.07, 6.45) is -2.96. The van der Waals surface area contributed by atoms with Crippen LogP contribution in [0.4, 0.5) is 0 Å². The highest BCUT2D eigenvalue weighted by Crippen LogP contribution is 2.42. The predicted molar refractivity (Wildman–Crippen MR) is 143 cm³/mol. The molecule has 1 heterocycles. The average Bonchev–Trinajstić information content (AvgIpc) is 3.24. The normalized spacial score (nSPS) is 27.5. The van der Waals surface area contributed by atoms with Crippen LogP contribution in [-0.2, 0) is 51.2 Å². The average molecular weight is 541 g/mol. The number of hydrogen-bond acceptors (Lipinski definition) is 8. The van der Waals surface area contributed by atoms with Gasteiger partial charge in [-0.2, -0.15) is 0 Å². The van der Waals surface area contributed by atoms with Crippen LogP contribution < -0.4 is 0 Å². The Morgan fingerprint density at radius 1 is 0.667 bits per heavy atom. The van der Waals surface area contributed by atoms with Gasteiger partial charge in [0.1, 0.15) is 24.4 Å². The van der Waals surface area contributed by atoms with Crippen molar-refractivity contribution in [3.63, 3.8) is 0 Å². The highest BCUT2D eigenvalue weighted by molar-refractivity contribution is 5.70. The standard InChI is InChI=1S/C31H40O8/c1-5-13-23(32)36-27-25(34-19-21-15-9-7-10-16-21)29-30(39-31(3,4)38-29)26(28(27)37-24(33)14-6-2)35-20-22-17-11-8-12-18-22/h7-12,15-18,25-30H,5-6,13-14,19-20H2,1-4H3/t25-,26-,27-,28-,29-,30+/m1/s1. The number of rotatable bonds is 12. The molecule has 8 heteroatoms. The van der Waals surface area contributed by atoms with Gasteiger partial charge in [0, 0.05) is 12.8 Å². The molecule has 39 heavy (non-hydrogen) atoms. The van der Waals surface area contributed by atoms with E-state index in [1.807, 2.05) is 88.4 Å². The molecule has 0 radical (unpaired) electrons. The van der Waals surface area contributed by atoms with E-state index in [1.54, 1.807) is 0 Å². The summed E-state index contributed by atoms with van der Waals surface area (Å²) in [6, 6.07) is 19.4. The van der Waals surface area contributed by atoms with Gasteiger partial charge in [-0.1, -0.05) is 74.5 Å². The first kappa shape index (κ1) is 29.2. The maximum atomic E-state index is 12.9. The Hall–Kier alpha value is -2.78. The number of hydrogen-bond donors (Lipinski definition) is 0. The topological polar surface area (TPSA) is 89.5 Å². The van der Waals surface area contributed by atoms with Crippen molar-refractivity contribution < 1.29 is 38.0 Å². The first-order chi connectivity index (χ1) is 18.8. The smallest absolute Gasteiger partial charge is 0.306 e. The molecule has 1 saturated carbocycles. The molecular formula is C31H40O8. The number of esters is 2. The molecule has 2 fully saturated rings. The summed E-state index contributed by atoms with van der Waals surface area (Å²) in [5, 5.41) is 0. The van der Waals surface area contributed by atoms with Crippen LogP contribution in [0, 0.1) is 0 Å². The third-order valence-corrected chi connectivity index (χ3v) is 6.80. The number of fused-ring (bicyclic) bond motifs is 1. The third kappa shape index (κ3) is 7.66. The summed E-state index contributed by atoms with van der Waals surface area (Å²) in [7, 11) is 0. The van der Waals surface area contributed by atoms with Crippen LogP contribution in [0.5, 0.6) is 0 Å². The molecular weight excluding hydrogens is 500 g/mol. The van der Waals surface area contributed by atoms with E-state index in [0.29, 0.717) is 12.8 Å². The van der Waals surface area contributed by atoms with Crippen LogP contribution in [0.3, 0.4) is 0 Å². The zero-order valence-electron chi connectivity index (χ0n) is 23.2. The summed E-state index contributed by atoms with van der Waals surface area (Å²) >= 11 is 0. The van der Waals surface area contributed by atoms with E-state index in [0.717, 1.165) is 11.1 Å². The van der Waals surface area contributed by atoms with Gasteiger partial charge >= 0.3 is 11.9 Å². The Morgan fingerprint density at radius 2 is 1.05 bits per heavy atom. The zero-order valence-corrected chi connectivity index (χ0v) is 23.2. The third-order valence-electron chi connectivity index (χ3n) is 6.80. The minimum atomic E-state index is -0.951. The van der Waals surface area contributed by atoms with Crippen LogP contribution in [0.1, 0.15) is 64.5 Å². The highest BCUT2D eigenvalue weighted by atomic mass is 16.8. The fraction of sp³-hybridized carbons (Fsp3) is 0.548. The fourth-order valence-corrected chi connectivity index (χ4v) is 5.08. The minimum absolute atomic E-state index is 0.226. The van der Waals surface area contributed by atoms with Gasteiger partial charge in [-0.15, -0.1) is 0 Å². The summed E-state index contributed by atoms with van der Waals surface area (Å²) in [6.45, 7) is 7.97. The van der Waals surface area contributed by atoms with E-state index >= 15 is 0 Å². The second-order valence-corrected chi connectivity index (χ2v) is 10.5. The molecule has 1 aliphatic heterocycles. The first-order valence-electron chi connectivity index (χ1n) is 13.9. The van der Waals surface area contributed by atoms with Crippen LogP contribution in [-0.4, -0.2) is 54.3 Å². The van der Waals surface area contributed by atoms with Crippen molar-refractivity contribution in [2.24, 2.45) is 0 Å². The Kier molecular flexibility index (Phi) is 10.1. The fourth-order valence-electron chi connectivity index (χ4n) is 5.08. The van der Waals surface area contributed by atoms with Gasteiger partial charge in [0.25, 0.3) is 0 Å². The summed E-state index contributed by atoms with van der Waals surface area (Å²) in [4.78, 5) is 25.7. The highest BCUT2D eigenvalue weighted by Gasteiger charge is 2.62. The minimum Gasteiger partial charge on any atom is -0.455 e. The van der Waals surface area contributed by atoms with E-state index in [-0.39, 0.29) is 26.1 Å². The van der Waals surface area contributed by atoms with Gasteiger partial charge in [-0.05, 0) is 37.8 Å². The second kappa shape index (κ2) is 13.5. The van der Waals surface area contributed by atoms with Crippen LogP contribution in [0.2, 0.25) is 0 Å². The van der Waals surface area contributed by atoms with Crippen molar-refractivity contribution >= 4 is 11.9 Å². The predicted octanol–water partition coefficient (Wildman–Crippen LogP) is 5.11. The molecule has 0 aromatic heterocycles. The number of ether oxygens (including phenoxy) is 6. The molecule has 0 amide bonds. The van der Waals surface area contributed by atoms with Gasteiger partial charge in [0.05, 0.1) is 13.2 Å². The molecule has 2 aromatic carbocycles. The molecule has 0 spiro atoms. The SMILES string of the molecule is CCCC(=O)O[C@@H]1[C@@H](OCc2ccccc2)[C@H]2OC(C)(C)O[C@H]2[C@H](OCc2ccccc2)[C@H]1OC(=O)CCC. The van der Waals surface area contributed by atoms with Gasteiger partial charge < -0.3 is 28.4 Å². The maximum Gasteiger partial charge on any atom is 0.306 e. The summed E-state index contributed by atoms with van der Waals surface area (Å²) < 4.78 is 37.6. The monoisotopic (exact) mass is 540 g/mol. The first-order valence-corrected chi connectivity index (χ1v) is 13.9. The van der Waals surface area contributed by atoms with Gasteiger partial charge in [-0.3, -0.25) is 9.59 Å².